The molecule has 1 unspecified atom stereocenters. The summed E-state index contributed by atoms with van der Waals surface area (Å²) in [6.45, 7) is 4.60. The van der Waals surface area contributed by atoms with Crippen molar-refractivity contribution in [2.24, 2.45) is 0 Å². The second-order valence-electron chi connectivity index (χ2n) is 7.26. The molecule has 1 heterocycles. The van der Waals surface area contributed by atoms with E-state index in [-0.39, 0.29) is 51.5 Å². The molecule has 0 spiro atoms. The molecule has 4 heteroatoms. The molecular weight excluding hydrogens is 438 g/mol. The van der Waals surface area contributed by atoms with Gasteiger partial charge in [-0.1, -0.05) is 0 Å². The Kier molecular flexibility index (Phi) is 6.81. The van der Waals surface area contributed by atoms with Gasteiger partial charge in [0.2, 0.25) is 0 Å². The van der Waals surface area contributed by atoms with Crippen LogP contribution in [0.3, 0.4) is 0 Å². The Morgan fingerprint density at radius 3 is 2.18 bits per heavy atom. The van der Waals surface area contributed by atoms with Gasteiger partial charge in [-0.05, 0) is 0 Å². The van der Waals surface area contributed by atoms with Gasteiger partial charge in [-0.3, -0.25) is 0 Å². The summed E-state index contributed by atoms with van der Waals surface area (Å²) in [6, 6.07) is 17.9. The fraction of sp³-hybridized carbons (Fsp3) is 0.167. The Morgan fingerprint density at radius 2 is 1.54 bits per heavy atom. The largest absolute Gasteiger partial charge is 1.00 e. The third kappa shape index (κ3) is 3.74. The number of hydrogen-bond donors (Lipinski definition) is 0. The van der Waals surface area contributed by atoms with Crippen molar-refractivity contribution in [3.8, 4) is 0 Å². The summed E-state index contributed by atoms with van der Waals surface area (Å²) in [7, 11) is -0.302. The molecule has 2 aliphatic rings. The Balaban J connectivity index is 0.00000112. The fourth-order valence-electron chi connectivity index (χ4n) is 4.06. The van der Waals surface area contributed by atoms with Crippen molar-refractivity contribution in [2.75, 3.05) is 0 Å². The molecule has 5 rings (SSSR count). The first-order valence-corrected chi connectivity index (χ1v) is 12.4. The number of hydrogen-bond acceptors (Lipinski definition) is 0. The van der Waals surface area contributed by atoms with Crippen LogP contribution in [0, 0.1) is 0 Å². The van der Waals surface area contributed by atoms with Crippen molar-refractivity contribution in [2.45, 2.75) is 24.5 Å². The standard InChI is InChI=1S/C17H12P.C7H9.2ClH.Ti/c1-2-6-14-10-17(9-13(14)5-1)18-11-15-7-3-4-8-16(15)12-18;1-6-4-3-5-7(6)2;;;/h1-12H;4H,3H2,1-2H3;2*1H;/q;;;;+2/p-2. The topological polar surface area (TPSA) is 0 Å². The molecule has 0 saturated heterocycles. The summed E-state index contributed by atoms with van der Waals surface area (Å²) >= 11 is -0.203. The van der Waals surface area contributed by atoms with E-state index < -0.39 is 0 Å². The molecule has 0 amide bonds. The van der Waals surface area contributed by atoms with Crippen LogP contribution in [0.2, 0.25) is 0 Å². The zero-order chi connectivity index (χ0) is 17.7. The van der Waals surface area contributed by atoms with Crippen LogP contribution >= 0.6 is 7.53 Å². The number of halogens is 2. The zero-order valence-electron chi connectivity index (χ0n) is 15.9. The maximum Gasteiger partial charge on any atom is -1.00 e. The van der Waals surface area contributed by atoms with Gasteiger partial charge < -0.3 is 24.8 Å². The maximum absolute atomic E-state index is 2.53. The first-order chi connectivity index (χ1) is 12.7. The van der Waals surface area contributed by atoms with E-state index >= 15 is 0 Å². The van der Waals surface area contributed by atoms with E-state index in [9.17, 15) is 0 Å². The van der Waals surface area contributed by atoms with Crippen molar-refractivity contribution in [1.82, 2.24) is 0 Å². The summed E-state index contributed by atoms with van der Waals surface area (Å²) in [6.07, 6.45) is 6.13. The van der Waals surface area contributed by atoms with Crippen LogP contribution in [0.1, 0.15) is 35.6 Å². The van der Waals surface area contributed by atoms with Gasteiger partial charge in [0.15, 0.2) is 0 Å². The Labute approximate surface area is 189 Å². The summed E-state index contributed by atoms with van der Waals surface area (Å²) in [4.78, 5) is 0. The third-order valence-electron chi connectivity index (χ3n) is 5.73. The molecule has 2 aliphatic carbocycles. The van der Waals surface area contributed by atoms with E-state index in [0.717, 1.165) is 0 Å². The maximum atomic E-state index is 2.53. The first kappa shape index (κ1) is 21.7. The molecule has 0 bridgehead atoms. The SMILES string of the molecule is CC1=CC[C]([Ti+2][CH]2C(p3cc4ccccc4c3)=Cc3ccccc32)=C1C.[Cl-].[Cl-]. The second kappa shape index (κ2) is 8.78. The van der Waals surface area contributed by atoms with Crippen molar-refractivity contribution < 1.29 is 44.0 Å². The molecule has 140 valence electrons. The van der Waals surface area contributed by atoms with Gasteiger partial charge in [-0.15, -0.1) is 0 Å². The molecule has 1 atom stereocenters. The average Bonchev–Trinajstić information content (AvgIpc) is 3.33. The molecule has 0 radical (unpaired) electrons. The van der Waals surface area contributed by atoms with Crippen molar-refractivity contribution >= 4 is 29.7 Å². The molecule has 0 aliphatic heterocycles. The van der Waals surface area contributed by atoms with Gasteiger partial charge in [0, 0.05) is 0 Å². The van der Waals surface area contributed by atoms with Crippen LogP contribution in [-0.2, 0) is 19.2 Å². The molecule has 0 nitrogen and oxygen atoms in total. The number of rotatable bonds is 3. The van der Waals surface area contributed by atoms with Crippen molar-refractivity contribution in [1.29, 1.82) is 0 Å². The first-order valence-electron chi connectivity index (χ1n) is 9.22. The van der Waals surface area contributed by atoms with Gasteiger partial charge in [0.25, 0.3) is 0 Å². The van der Waals surface area contributed by atoms with Crippen LogP contribution in [0.5, 0.6) is 0 Å². The third-order valence-corrected chi connectivity index (χ3v) is 11.1. The van der Waals surface area contributed by atoms with Crippen LogP contribution < -0.4 is 24.8 Å². The molecule has 3 aromatic rings. The normalized spacial score (nSPS) is 17.4. The molecule has 2 aromatic carbocycles. The molecule has 0 N–H and O–H groups in total. The minimum atomic E-state index is -0.302. The van der Waals surface area contributed by atoms with Crippen LogP contribution in [-0.4, -0.2) is 0 Å². The molecule has 1 aromatic heterocycles. The molecule has 28 heavy (non-hydrogen) atoms. The number of fused-ring (bicyclic) bond motifs is 2. The van der Waals surface area contributed by atoms with E-state index in [1.807, 2.05) is 0 Å². The van der Waals surface area contributed by atoms with E-state index in [1.165, 1.54) is 28.3 Å². The summed E-state index contributed by atoms with van der Waals surface area (Å²) in [5, 5.41) is 4.52. The van der Waals surface area contributed by atoms with Gasteiger partial charge in [0.1, 0.15) is 0 Å². The Morgan fingerprint density at radius 1 is 0.893 bits per heavy atom. The van der Waals surface area contributed by atoms with Gasteiger partial charge in [-0.25, -0.2) is 0 Å². The molecule has 0 saturated carbocycles. The van der Waals surface area contributed by atoms with Crippen LogP contribution in [0.4, 0.5) is 0 Å². The minimum Gasteiger partial charge on any atom is -1.00 e. The number of allylic oxidation sites excluding steroid dienone is 5. The fourth-order valence-corrected chi connectivity index (χ4v) is 9.74. The zero-order valence-corrected chi connectivity index (χ0v) is 19.9. The second-order valence-corrected chi connectivity index (χ2v) is 11.4. The smallest absolute Gasteiger partial charge is 1.00 e. The predicted octanol–water partition coefficient (Wildman–Crippen LogP) is 1.59. The number of benzene rings is 2. The Bertz CT molecular complexity index is 1090. The van der Waals surface area contributed by atoms with E-state index in [2.05, 4.69) is 86.1 Å². The summed E-state index contributed by atoms with van der Waals surface area (Å²) < 4.78 is 2.41. The van der Waals surface area contributed by atoms with E-state index in [1.54, 1.807) is 20.3 Å². The van der Waals surface area contributed by atoms with E-state index in [0.29, 0.717) is 4.22 Å². The monoisotopic (exact) mass is 458 g/mol. The van der Waals surface area contributed by atoms with Crippen LogP contribution in [0.15, 0.2) is 81.2 Å². The van der Waals surface area contributed by atoms with Crippen molar-refractivity contribution in [3.63, 3.8) is 0 Å². The van der Waals surface area contributed by atoms with Crippen LogP contribution in [0.25, 0.3) is 22.2 Å². The average molecular weight is 459 g/mol. The van der Waals surface area contributed by atoms with E-state index in [4.69, 9.17) is 0 Å². The van der Waals surface area contributed by atoms with Gasteiger partial charge >= 0.3 is 166 Å². The Hall–Kier alpha value is -1.01. The van der Waals surface area contributed by atoms with Crippen molar-refractivity contribution in [3.05, 3.63) is 92.4 Å². The van der Waals surface area contributed by atoms with Gasteiger partial charge in [0.05, 0.1) is 0 Å². The quantitative estimate of drug-likeness (QED) is 0.523. The summed E-state index contributed by atoms with van der Waals surface area (Å²) in [5.74, 6) is 5.06. The minimum absolute atomic E-state index is 0. The van der Waals surface area contributed by atoms with Gasteiger partial charge in [-0.2, -0.15) is 0 Å². The summed E-state index contributed by atoms with van der Waals surface area (Å²) in [5.41, 5.74) is 6.10. The predicted molar refractivity (Wildman–Crippen MR) is 111 cm³/mol. The molecular formula is C24H21Cl2PTi. The molecule has 0 fully saturated rings.